The summed E-state index contributed by atoms with van der Waals surface area (Å²) in [6, 6.07) is 5.82. The molecule has 0 bridgehead atoms. The van der Waals surface area contributed by atoms with Gasteiger partial charge in [0.25, 0.3) is 0 Å². The molecule has 0 fully saturated rings. The molecule has 18 heavy (non-hydrogen) atoms. The Labute approximate surface area is 106 Å². The van der Waals surface area contributed by atoms with Crippen molar-refractivity contribution in [2.75, 3.05) is 25.3 Å². The minimum absolute atomic E-state index is 0.231. The van der Waals surface area contributed by atoms with Crippen LogP contribution in [0.15, 0.2) is 18.2 Å². The Morgan fingerprint density at radius 2 is 2.11 bits per heavy atom. The Kier molecular flexibility index (Phi) is 3.92. The molecule has 5 heteroatoms. The summed E-state index contributed by atoms with van der Waals surface area (Å²) in [5.41, 5.74) is 1.05. The van der Waals surface area contributed by atoms with E-state index in [1.54, 1.807) is 0 Å². The van der Waals surface area contributed by atoms with Gasteiger partial charge in [0, 0.05) is 31.8 Å². The van der Waals surface area contributed by atoms with Crippen LogP contribution in [0.5, 0.6) is 11.5 Å². The second kappa shape index (κ2) is 5.62. The van der Waals surface area contributed by atoms with Gasteiger partial charge >= 0.3 is 5.97 Å². The summed E-state index contributed by atoms with van der Waals surface area (Å²) in [5.74, 6) is 0.809. The number of unbranched alkanes of at least 4 members (excludes halogenated alkanes) is 1. The van der Waals surface area contributed by atoms with Crippen LogP contribution in [0.2, 0.25) is 0 Å². The van der Waals surface area contributed by atoms with Crippen LogP contribution in [-0.4, -0.2) is 31.5 Å². The van der Waals surface area contributed by atoms with Crippen molar-refractivity contribution < 1.29 is 19.4 Å². The number of fused-ring (bicyclic) bond motifs is 1. The third-order valence-electron chi connectivity index (χ3n) is 2.93. The van der Waals surface area contributed by atoms with E-state index in [4.69, 9.17) is 14.6 Å². The zero-order chi connectivity index (χ0) is 13.0. The molecular weight excluding hydrogens is 234 g/mol. The molecular formula is C13H17NO4. The van der Waals surface area contributed by atoms with Crippen LogP contribution >= 0.6 is 0 Å². The molecule has 0 unspecified atom stereocenters. The summed E-state index contributed by atoms with van der Waals surface area (Å²) >= 11 is 0. The monoisotopic (exact) mass is 251 g/mol. The maximum atomic E-state index is 10.4. The van der Waals surface area contributed by atoms with Crippen molar-refractivity contribution >= 4 is 11.7 Å². The Hall–Kier alpha value is -1.91. The lowest BCUT2D eigenvalue weighted by Crippen LogP contribution is -2.18. The fourth-order valence-electron chi connectivity index (χ4n) is 1.88. The normalized spacial score (nSPS) is 12.5. The second-order valence-electron chi connectivity index (χ2n) is 4.31. The van der Waals surface area contributed by atoms with Crippen LogP contribution in [0.1, 0.15) is 19.3 Å². The molecule has 1 aromatic carbocycles. The topological polar surface area (TPSA) is 59.0 Å². The number of benzene rings is 1. The van der Waals surface area contributed by atoms with Gasteiger partial charge in [0.1, 0.15) is 0 Å². The third-order valence-corrected chi connectivity index (χ3v) is 2.93. The molecule has 0 amide bonds. The summed E-state index contributed by atoms with van der Waals surface area (Å²) < 4.78 is 10.6. The molecule has 0 spiro atoms. The first-order chi connectivity index (χ1) is 8.66. The average molecular weight is 251 g/mol. The van der Waals surface area contributed by atoms with Gasteiger partial charge < -0.3 is 19.5 Å². The molecule has 0 saturated heterocycles. The molecule has 1 heterocycles. The van der Waals surface area contributed by atoms with E-state index in [-0.39, 0.29) is 13.2 Å². The van der Waals surface area contributed by atoms with Gasteiger partial charge in [-0.05, 0) is 25.0 Å². The minimum Gasteiger partial charge on any atom is -0.481 e. The Bertz CT molecular complexity index is 433. The van der Waals surface area contributed by atoms with E-state index in [2.05, 4.69) is 4.90 Å². The maximum Gasteiger partial charge on any atom is 0.303 e. The molecule has 0 radical (unpaired) electrons. The predicted octanol–water partition coefficient (Wildman–Crippen LogP) is 2.11. The summed E-state index contributed by atoms with van der Waals surface area (Å²) in [6.45, 7) is 1.11. The van der Waals surface area contributed by atoms with Gasteiger partial charge in [-0.1, -0.05) is 0 Å². The number of aliphatic carboxylic acids is 1. The average Bonchev–Trinajstić information content (AvgIpc) is 2.81. The van der Waals surface area contributed by atoms with Gasteiger partial charge in [-0.15, -0.1) is 0 Å². The number of carboxylic acids is 1. The van der Waals surface area contributed by atoms with Crippen LogP contribution < -0.4 is 14.4 Å². The van der Waals surface area contributed by atoms with Crippen LogP contribution in [0.4, 0.5) is 5.69 Å². The van der Waals surface area contributed by atoms with Gasteiger partial charge in [-0.25, -0.2) is 0 Å². The number of anilines is 1. The largest absolute Gasteiger partial charge is 0.481 e. The highest BCUT2D eigenvalue weighted by molar-refractivity contribution is 5.66. The van der Waals surface area contributed by atoms with E-state index in [9.17, 15) is 4.79 Å². The Morgan fingerprint density at radius 1 is 1.33 bits per heavy atom. The van der Waals surface area contributed by atoms with Gasteiger partial charge in [-0.3, -0.25) is 4.79 Å². The van der Waals surface area contributed by atoms with E-state index in [1.165, 1.54) is 0 Å². The zero-order valence-corrected chi connectivity index (χ0v) is 10.4. The SMILES string of the molecule is CN(CCCCC(=O)O)c1ccc2c(c1)OCO2. The Morgan fingerprint density at radius 3 is 2.89 bits per heavy atom. The standard InChI is InChI=1S/C13H17NO4/c1-14(7-3-2-4-13(15)16)10-5-6-11-12(8-10)18-9-17-11/h5-6,8H,2-4,7,9H2,1H3,(H,15,16). The van der Waals surface area contributed by atoms with Crippen LogP contribution in [-0.2, 0) is 4.79 Å². The smallest absolute Gasteiger partial charge is 0.303 e. The quantitative estimate of drug-likeness (QED) is 0.785. The first-order valence-electron chi connectivity index (χ1n) is 5.99. The molecule has 98 valence electrons. The predicted molar refractivity (Wildman–Crippen MR) is 67.3 cm³/mol. The van der Waals surface area contributed by atoms with Crippen molar-refractivity contribution in [2.45, 2.75) is 19.3 Å². The van der Waals surface area contributed by atoms with E-state index in [0.29, 0.717) is 6.42 Å². The molecule has 1 aromatic rings. The highest BCUT2D eigenvalue weighted by atomic mass is 16.7. The van der Waals surface area contributed by atoms with E-state index in [0.717, 1.165) is 30.2 Å². The number of rotatable bonds is 6. The molecule has 1 aliphatic heterocycles. The second-order valence-corrected chi connectivity index (χ2v) is 4.31. The van der Waals surface area contributed by atoms with Gasteiger partial charge in [0.2, 0.25) is 6.79 Å². The van der Waals surface area contributed by atoms with Crippen molar-refractivity contribution in [1.82, 2.24) is 0 Å². The fraction of sp³-hybridized carbons (Fsp3) is 0.462. The summed E-state index contributed by atoms with van der Waals surface area (Å²) in [5, 5.41) is 8.56. The first-order valence-corrected chi connectivity index (χ1v) is 5.99. The summed E-state index contributed by atoms with van der Waals surface area (Å²) in [7, 11) is 1.98. The lowest BCUT2D eigenvalue weighted by molar-refractivity contribution is -0.137. The Balaban J connectivity index is 1.85. The molecule has 5 nitrogen and oxygen atoms in total. The maximum absolute atomic E-state index is 10.4. The molecule has 1 N–H and O–H groups in total. The van der Waals surface area contributed by atoms with Crippen molar-refractivity contribution in [3.05, 3.63) is 18.2 Å². The molecule has 0 atom stereocenters. The van der Waals surface area contributed by atoms with Gasteiger partial charge in [-0.2, -0.15) is 0 Å². The number of nitrogens with zero attached hydrogens (tertiary/aromatic N) is 1. The van der Waals surface area contributed by atoms with Crippen molar-refractivity contribution in [1.29, 1.82) is 0 Å². The van der Waals surface area contributed by atoms with Crippen LogP contribution in [0.3, 0.4) is 0 Å². The highest BCUT2D eigenvalue weighted by Gasteiger charge is 2.14. The van der Waals surface area contributed by atoms with Gasteiger partial charge in [0.05, 0.1) is 0 Å². The van der Waals surface area contributed by atoms with Crippen molar-refractivity contribution in [3.8, 4) is 11.5 Å². The van der Waals surface area contributed by atoms with Crippen molar-refractivity contribution in [3.63, 3.8) is 0 Å². The van der Waals surface area contributed by atoms with E-state index in [1.807, 2.05) is 25.2 Å². The number of carbonyl (C=O) groups is 1. The zero-order valence-electron chi connectivity index (χ0n) is 10.4. The lowest BCUT2D eigenvalue weighted by Gasteiger charge is -2.19. The third kappa shape index (κ3) is 3.06. The highest BCUT2D eigenvalue weighted by Crippen LogP contribution is 2.35. The minimum atomic E-state index is -0.735. The molecule has 2 rings (SSSR count). The first kappa shape index (κ1) is 12.5. The van der Waals surface area contributed by atoms with Gasteiger partial charge in [0.15, 0.2) is 11.5 Å². The van der Waals surface area contributed by atoms with Crippen molar-refractivity contribution in [2.24, 2.45) is 0 Å². The molecule has 0 aliphatic carbocycles. The molecule has 0 aromatic heterocycles. The fourth-order valence-corrected chi connectivity index (χ4v) is 1.88. The number of hydrogen-bond donors (Lipinski definition) is 1. The lowest BCUT2D eigenvalue weighted by atomic mass is 10.2. The van der Waals surface area contributed by atoms with Crippen LogP contribution in [0, 0.1) is 0 Å². The summed E-state index contributed by atoms with van der Waals surface area (Å²) in [6.07, 6.45) is 1.79. The molecule has 0 saturated carbocycles. The van der Waals surface area contributed by atoms with Crippen LogP contribution in [0.25, 0.3) is 0 Å². The number of ether oxygens (including phenoxy) is 2. The summed E-state index contributed by atoms with van der Waals surface area (Å²) in [4.78, 5) is 12.5. The number of hydrogen-bond acceptors (Lipinski definition) is 4. The van der Waals surface area contributed by atoms with E-state index >= 15 is 0 Å². The van der Waals surface area contributed by atoms with E-state index < -0.39 is 5.97 Å². The molecule has 1 aliphatic rings. The number of carboxylic acid groups (broad SMARTS) is 1.